The standard InChI is InChI=1S/C24H27NO3S/c1-16(19-10-6-5-7-11-19)15-29-22-13-9-8-12-20(22)21-14-17(2)25-18(3)23(21)28-24(26)27-4/h5-14,16,21,25H,15H2,1-4H3. The number of benzene rings is 2. The number of allylic oxidation sites excluding steroid dienone is 3. The molecule has 3 rings (SSSR count). The Bertz CT molecular complexity index is 921. The lowest BCUT2D eigenvalue weighted by atomic mass is 9.92. The number of hydrogen-bond acceptors (Lipinski definition) is 5. The number of methoxy groups -OCH3 is 1. The van der Waals surface area contributed by atoms with Crippen molar-refractivity contribution in [3.8, 4) is 0 Å². The molecule has 5 heteroatoms. The van der Waals surface area contributed by atoms with Crippen LogP contribution in [0.15, 0.2) is 82.7 Å². The number of carbonyl (C=O) groups is 1. The molecule has 2 atom stereocenters. The number of ether oxygens (including phenoxy) is 2. The highest BCUT2D eigenvalue weighted by Crippen LogP contribution is 2.39. The fraction of sp³-hybridized carbons (Fsp3) is 0.292. The summed E-state index contributed by atoms with van der Waals surface area (Å²) in [5.74, 6) is 1.82. The third-order valence-corrected chi connectivity index (χ3v) is 6.27. The maximum atomic E-state index is 11.8. The minimum Gasteiger partial charge on any atom is -0.437 e. The smallest absolute Gasteiger partial charge is 0.437 e. The highest BCUT2D eigenvalue weighted by Gasteiger charge is 2.27. The molecule has 2 unspecified atom stereocenters. The lowest BCUT2D eigenvalue weighted by Gasteiger charge is -2.27. The first-order chi connectivity index (χ1) is 14.0. The second-order valence-electron chi connectivity index (χ2n) is 7.16. The van der Waals surface area contributed by atoms with E-state index in [-0.39, 0.29) is 5.92 Å². The van der Waals surface area contributed by atoms with Gasteiger partial charge in [-0.1, -0.05) is 61.5 Å². The lowest BCUT2D eigenvalue weighted by Crippen LogP contribution is -2.23. The summed E-state index contributed by atoms with van der Waals surface area (Å²) in [6.45, 7) is 6.17. The van der Waals surface area contributed by atoms with Crippen molar-refractivity contribution in [2.75, 3.05) is 12.9 Å². The first-order valence-electron chi connectivity index (χ1n) is 9.68. The molecule has 0 radical (unpaired) electrons. The van der Waals surface area contributed by atoms with Crippen molar-refractivity contribution in [1.29, 1.82) is 0 Å². The van der Waals surface area contributed by atoms with Crippen molar-refractivity contribution in [2.24, 2.45) is 0 Å². The summed E-state index contributed by atoms with van der Waals surface area (Å²) in [6.07, 6.45) is 1.38. The van der Waals surface area contributed by atoms with E-state index in [0.29, 0.717) is 11.7 Å². The number of hydrogen-bond donors (Lipinski definition) is 1. The van der Waals surface area contributed by atoms with Crippen LogP contribution in [-0.4, -0.2) is 19.0 Å². The molecule has 1 heterocycles. The maximum Gasteiger partial charge on any atom is 0.513 e. The van der Waals surface area contributed by atoms with Crippen LogP contribution in [0, 0.1) is 0 Å². The van der Waals surface area contributed by atoms with Gasteiger partial charge < -0.3 is 14.8 Å². The maximum absolute atomic E-state index is 11.8. The SMILES string of the molecule is COC(=O)OC1=C(C)NC(C)=CC1c1ccccc1SCC(C)c1ccccc1. The minimum atomic E-state index is -0.707. The monoisotopic (exact) mass is 409 g/mol. The number of thioether (sulfide) groups is 1. The van der Waals surface area contributed by atoms with Crippen molar-refractivity contribution in [2.45, 2.75) is 37.5 Å². The zero-order chi connectivity index (χ0) is 20.8. The van der Waals surface area contributed by atoms with Crippen LogP contribution >= 0.6 is 11.8 Å². The van der Waals surface area contributed by atoms with Gasteiger partial charge in [-0.2, -0.15) is 0 Å². The Labute approximate surface area is 177 Å². The average molecular weight is 410 g/mol. The molecule has 0 bridgehead atoms. The van der Waals surface area contributed by atoms with Crippen LogP contribution in [0.1, 0.15) is 43.7 Å². The van der Waals surface area contributed by atoms with Gasteiger partial charge in [0.1, 0.15) is 5.76 Å². The molecule has 2 aromatic rings. The number of rotatable bonds is 6. The summed E-state index contributed by atoms with van der Waals surface area (Å²) in [6, 6.07) is 18.9. The van der Waals surface area contributed by atoms with Gasteiger partial charge in [0, 0.05) is 16.3 Å². The van der Waals surface area contributed by atoms with Gasteiger partial charge in [-0.3, -0.25) is 0 Å². The molecule has 0 fully saturated rings. The number of carbonyl (C=O) groups excluding carboxylic acids is 1. The first kappa shape index (κ1) is 21.1. The summed E-state index contributed by atoms with van der Waals surface area (Å²) in [7, 11) is 1.32. The normalized spacial score (nSPS) is 17.2. The Hall–Kier alpha value is -2.66. The van der Waals surface area contributed by atoms with Crippen molar-refractivity contribution in [1.82, 2.24) is 5.32 Å². The molecule has 0 saturated carbocycles. The molecule has 0 aromatic heterocycles. The lowest BCUT2D eigenvalue weighted by molar-refractivity contribution is 0.0924. The van der Waals surface area contributed by atoms with Gasteiger partial charge in [0.2, 0.25) is 0 Å². The molecule has 1 N–H and O–H groups in total. The predicted octanol–water partition coefficient (Wildman–Crippen LogP) is 6.19. The molecule has 1 aliphatic heterocycles. The van der Waals surface area contributed by atoms with Crippen LogP contribution < -0.4 is 5.32 Å². The second-order valence-corrected chi connectivity index (χ2v) is 8.22. The van der Waals surface area contributed by atoms with Crippen molar-refractivity contribution in [3.05, 3.63) is 89.0 Å². The molecule has 0 spiro atoms. The van der Waals surface area contributed by atoms with E-state index in [2.05, 4.69) is 54.7 Å². The number of dihydropyridines is 1. The van der Waals surface area contributed by atoms with Gasteiger partial charge in [0.25, 0.3) is 0 Å². The summed E-state index contributed by atoms with van der Waals surface area (Å²) in [5.41, 5.74) is 4.30. The predicted molar refractivity (Wildman–Crippen MR) is 118 cm³/mol. The zero-order valence-corrected chi connectivity index (χ0v) is 18.1. The molecule has 0 saturated heterocycles. The van der Waals surface area contributed by atoms with Crippen LogP contribution in [0.2, 0.25) is 0 Å². The van der Waals surface area contributed by atoms with Gasteiger partial charge >= 0.3 is 6.16 Å². The summed E-state index contributed by atoms with van der Waals surface area (Å²) >= 11 is 1.83. The average Bonchev–Trinajstić information content (AvgIpc) is 2.74. The van der Waals surface area contributed by atoms with Gasteiger partial charge in [0.05, 0.1) is 18.7 Å². The van der Waals surface area contributed by atoms with E-state index in [4.69, 9.17) is 9.47 Å². The molecule has 29 heavy (non-hydrogen) atoms. The Balaban J connectivity index is 1.86. The topological polar surface area (TPSA) is 47.6 Å². The van der Waals surface area contributed by atoms with Crippen molar-refractivity contribution in [3.63, 3.8) is 0 Å². The molecule has 2 aromatic carbocycles. The quantitative estimate of drug-likeness (QED) is 0.455. The highest BCUT2D eigenvalue weighted by molar-refractivity contribution is 7.99. The molecule has 0 amide bonds. The molecule has 152 valence electrons. The zero-order valence-electron chi connectivity index (χ0n) is 17.3. The third kappa shape index (κ3) is 5.24. The summed E-state index contributed by atoms with van der Waals surface area (Å²) < 4.78 is 10.2. The van der Waals surface area contributed by atoms with E-state index >= 15 is 0 Å². The van der Waals surface area contributed by atoms with Gasteiger partial charge in [-0.25, -0.2) is 4.79 Å². The van der Waals surface area contributed by atoms with E-state index in [0.717, 1.165) is 22.7 Å². The number of nitrogens with one attached hydrogen (secondary N) is 1. The summed E-state index contributed by atoms with van der Waals surface area (Å²) in [4.78, 5) is 13.0. The van der Waals surface area contributed by atoms with Gasteiger partial charge in [-0.15, -0.1) is 11.8 Å². The molecule has 0 aliphatic carbocycles. The first-order valence-corrected chi connectivity index (χ1v) is 10.7. The van der Waals surface area contributed by atoms with Crippen LogP contribution in [0.4, 0.5) is 4.79 Å². The van der Waals surface area contributed by atoms with Gasteiger partial charge in [-0.05, 0) is 37.0 Å². The van der Waals surface area contributed by atoms with E-state index in [1.807, 2.05) is 43.8 Å². The highest BCUT2D eigenvalue weighted by atomic mass is 32.2. The van der Waals surface area contributed by atoms with Crippen LogP contribution in [0.5, 0.6) is 0 Å². The minimum absolute atomic E-state index is 0.147. The van der Waals surface area contributed by atoms with E-state index < -0.39 is 6.16 Å². The Kier molecular flexibility index (Phi) is 7.04. The van der Waals surface area contributed by atoms with Crippen molar-refractivity contribution >= 4 is 17.9 Å². The van der Waals surface area contributed by atoms with Crippen LogP contribution in [-0.2, 0) is 9.47 Å². The fourth-order valence-corrected chi connectivity index (χ4v) is 4.58. The van der Waals surface area contributed by atoms with Crippen LogP contribution in [0.25, 0.3) is 0 Å². The summed E-state index contributed by atoms with van der Waals surface area (Å²) in [5, 5.41) is 3.25. The van der Waals surface area contributed by atoms with Gasteiger partial charge in [0.15, 0.2) is 0 Å². The Morgan fingerprint density at radius 1 is 1.10 bits per heavy atom. The molecule has 1 aliphatic rings. The van der Waals surface area contributed by atoms with E-state index in [1.165, 1.54) is 17.6 Å². The largest absolute Gasteiger partial charge is 0.513 e. The Morgan fingerprint density at radius 3 is 2.52 bits per heavy atom. The molecule has 4 nitrogen and oxygen atoms in total. The van der Waals surface area contributed by atoms with Crippen LogP contribution in [0.3, 0.4) is 0 Å². The van der Waals surface area contributed by atoms with E-state index in [9.17, 15) is 4.79 Å². The molecular weight excluding hydrogens is 382 g/mol. The van der Waals surface area contributed by atoms with Crippen molar-refractivity contribution < 1.29 is 14.3 Å². The van der Waals surface area contributed by atoms with E-state index in [1.54, 1.807) is 0 Å². The third-order valence-electron chi connectivity index (χ3n) is 4.92. The Morgan fingerprint density at radius 2 is 1.79 bits per heavy atom. The molecular formula is C24H27NO3S. The fourth-order valence-electron chi connectivity index (χ4n) is 3.42. The second kappa shape index (κ2) is 9.70.